The van der Waals surface area contributed by atoms with Crippen molar-refractivity contribution >= 4 is 33.1 Å². The van der Waals surface area contributed by atoms with Gasteiger partial charge in [-0.3, -0.25) is 4.79 Å². The number of nitrogen functional groups attached to an aromatic ring is 1. The number of pyridine rings is 1. The summed E-state index contributed by atoms with van der Waals surface area (Å²) in [5, 5.41) is 3.90. The number of rotatable bonds is 3. The summed E-state index contributed by atoms with van der Waals surface area (Å²) in [6.07, 6.45) is 4.18. The topological polar surface area (TPSA) is 68.0 Å². The van der Waals surface area contributed by atoms with Crippen LogP contribution in [0.25, 0.3) is 10.2 Å². The number of amides is 1. The number of aryl methyl sites for hydroxylation is 2. The number of thiophene rings is 1. The van der Waals surface area contributed by atoms with Gasteiger partial charge in [-0.2, -0.15) is 0 Å². The summed E-state index contributed by atoms with van der Waals surface area (Å²) in [7, 11) is 0. The number of aromatic nitrogens is 1. The van der Waals surface area contributed by atoms with Crippen LogP contribution >= 0.6 is 11.3 Å². The minimum Gasteiger partial charge on any atom is -0.397 e. The van der Waals surface area contributed by atoms with Gasteiger partial charge < -0.3 is 11.1 Å². The van der Waals surface area contributed by atoms with E-state index in [1.165, 1.54) is 29.0 Å². The highest BCUT2D eigenvalue weighted by Gasteiger charge is 2.21. The van der Waals surface area contributed by atoms with Gasteiger partial charge in [-0.05, 0) is 44.2 Å². The van der Waals surface area contributed by atoms with Gasteiger partial charge in [0.15, 0.2) is 0 Å². The van der Waals surface area contributed by atoms with Crippen LogP contribution in [-0.2, 0) is 12.8 Å². The van der Waals surface area contributed by atoms with E-state index in [2.05, 4.69) is 16.4 Å². The highest BCUT2D eigenvalue weighted by Crippen LogP contribution is 2.35. The molecule has 1 unspecified atom stereocenters. The van der Waals surface area contributed by atoms with Crippen LogP contribution in [0.2, 0.25) is 0 Å². The van der Waals surface area contributed by atoms with E-state index in [-0.39, 0.29) is 11.9 Å². The molecule has 0 fully saturated rings. The summed E-state index contributed by atoms with van der Waals surface area (Å²) < 4.78 is 0. The minimum atomic E-state index is -0.0833. The lowest BCUT2D eigenvalue weighted by Crippen LogP contribution is -2.31. The zero-order valence-electron chi connectivity index (χ0n) is 11.8. The van der Waals surface area contributed by atoms with Crippen LogP contribution in [0, 0.1) is 0 Å². The van der Waals surface area contributed by atoms with Gasteiger partial charge in [0.25, 0.3) is 5.91 Å². The van der Waals surface area contributed by atoms with Crippen LogP contribution in [0.15, 0.2) is 6.07 Å². The average molecular weight is 289 g/mol. The third kappa shape index (κ3) is 2.16. The molecule has 0 radical (unpaired) electrons. The number of hydrogen-bond donors (Lipinski definition) is 2. The van der Waals surface area contributed by atoms with Crippen LogP contribution in [0.4, 0.5) is 5.69 Å². The molecular formula is C15H19N3OS. The predicted molar refractivity (Wildman–Crippen MR) is 83.3 cm³/mol. The fourth-order valence-electron chi connectivity index (χ4n) is 2.56. The highest BCUT2D eigenvalue weighted by atomic mass is 32.1. The van der Waals surface area contributed by atoms with E-state index in [9.17, 15) is 4.79 Å². The van der Waals surface area contributed by atoms with Gasteiger partial charge in [0.05, 0.1) is 5.69 Å². The second kappa shape index (κ2) is 5.05. The molecule has 2 heterocycles. The van der Waals surface area contributed by atoms with E-state index in [0.717, 1.165) is 29.5 Å². The van der Waals surface area contributed by atoms with Crippen molar-refractivity contribution in [2.45, 2.75) is 45.6 Å². The van der Waals surface area contributed by atoms with Crippen molar-refractivity contribution in [2.24, 2.45) is 0 Å². The molecule has 5 heteroatoms. The smallest absolute Gasteiger partial charge is 0.263 e. The summed E-state index contributed by atoms with van der Waals surface area (Å²) in [6.45, 7) is 4.04. The molecule has 2 aromatic rings. The number of fused-ring (bicyclic) bond motifs is 2. The maximum Gasteiger partial charge on any atom is 0.263 e. The Morgan fingerprint density at radius 3 is 3.10 bits per heavy atom. The number of carbonyl (C=O) groups is 1. The Bertz CT molecular complexity index is 677. The van der Waals surface area contributed by atoms with Gasteiger partial charge in [-0.25, -0.2) is 4.98 Å². The summed E-state index contributed by atoms with van der Waals surface area (Å²) >= 11 is 1.40. The van der Waals surface area contributed by atoms with Gasteiger partial charge in [-0.1, -0.05) is 6.92 Å². The van der Waals surface area contributed by atoms with Crippen molar-refractivity contribution in [3.63, 3.8) is 0 Å². The Hall–Kier alpha value is -1.62. The van der Waals surface area contributed by atoms with Crippen molar-refractivity contribution in [2.75, 3.05) is 5.73 Å². The molecule has 0 saturated heterocycles. The highest BCUT2D eigenvalue weighted by molar-refractivity contribution is 7.21. The van der Waals surface area contributed by atoms with Crippen molar-refractivity contribution in [1.82, 2.24) is 10.3 Å². The summed E-state index contributed by atoms with van der Waals surface area (Å²) in [5.74, 6) is -0.0833. The van der Waals surface area contributed by atoms with E-state index in [1.54, 1.807) is 0 Å². The molecule has 1 atom stereocenters. The van der Waals surface area contributed by atoms with E-state index < -0.39 is 0 Å². The summed E-state index contributed by atoms with van der Waals surface area (Å²) in [4.78, 5) is 18.4. The lowest BCUT2D eigenvalue weighted by molar-refractivity contribution is 0.0944. The number of nitrogens with one attached hydrogen (secondary N) is 1. The van der Waals surface area contributed by atoms with Crippen molar-refractivity contribution < 1.29 is 4.79 Å². The Morgan fingerprint density at radius 2 is 2.35 bits per heavy atom. The fourth-order valence-corrected chi connectivity index (χ4v) is 3.56. The van der Waals surface area contributed by atoms with Crippen molar-refractivity contribution in [1.29, 1.82) is 0 Å². The molecule has 3 rings (SSSR count). The Labute approximate surface area is 122 Å². The number of nitrogens with zero attached hydrogens (tertiary/aromatic N) is 1. The number of hydrogen-bond acceptors (Lipinski definition) is 4. The predicted octanol–water partition coefficient (Wildman–Crippen LogP) is 2.90. The fraction of sp³-hybridized carbons (Fsp3) is 0.467. The monoisotopic (exact) mass is 289 g/mol. The molecule has 0 spiro atoms. The molecule has 1 amide bonds. The maximum absolute atomic E-state index is 12.2. The van der Waals surface area contributed by atoms with Gasteiger partial charge in [0.2, 0.25) is 0 Å². The molecule has 0 bridgehead atoms. The van der Waals surface area contributed by atoms with Gasteiger partial charge in [0, 0.05) is 17.1 Å². The van der Waals surface area contributed by atoms with Crippen LogP contribution < -0.4 is 11.1 Å². The van der Waals surface area contributed by atoms with Crippen molar-refractivity contribution in [3.05, 3.63) is 22.2 Å². The molecule has 106 valence electrons. The van der Waals surface area contributed by atoms with Gasteiger partial charge >= 0.3 is 0 Å². The number of carbonyl (C=O) groups excluding carboxylic acids is 1. The Kier molecular flexibility index (Phi) is 3.38. The van der Waals surface area contributed by atoms with Crippen LogP contribution in [0.3, 0.4) is 0 Å². The van der Waals surface area contributed by atoms with Crippen molar-refractivity contribution in [3.8, 4) is 0 Å². The van der Waals surface area contributed by atoms with Gasteiger partial charge in [0.1, 0.15) is 9.71 Å². The molecule has 0 saturated carbocycles. The SMILES string of the molecule is CCC(C)NC(=O)c1sc2nc3c(cc2c1N)CCC3. The first-order chi connectivity index (χ1) is 9.60. The van der Waals surface area contributed by atoms with Crippen LogP contribution in [0.1, 0.15) is 47.6 Å². The lowest BCUT2D eigenvalue weighted by Gasteiger charge is -2.10. The minimum absolute atomic E-state index is 0.0833. The summed E-state index contributed by atoms with van der Waals surface area (Å²) in [5.41, 5.74) is 9.20. The molecule has 1 aliphatic carbocycles. The standard InChI is InChI=1S/C15H19N3OS/c1-3-8(2)17-14(19)13-12(16)10-7-9-5-4-6-11(9)18-15(10)20-13/h7-8H,3-6,16H2,1-2H3,(H,17,19). The molecular weight excluding hydrogens is 270 g/mol. The quantitative estimate of drug-likeness (QED) is 0.913. The first kappa shape index (κ1) is 13.4. The third-order valence-corrected chi connectivity index (χ3v) is 5.06. The summed E-state index contributed by atoms with van der Waals surface area (Å²) in [6, 6.07) is 2.28. The molecule has 4 nitrogen and oxygen atoms in total. The van der Waals surface area contributed by atoms with E-state index in [0.29, 0.717) is 10.6 Å². The lowest BCUT2D eigenvalue weighted by atomic mass is 10.1. The zero-order valence-corrected chi connectivity index (χ0v) is 12.6. The zero-order chi connectivity index (χ0) is 14.3. The first-order valence-corrected chi connectivity index (χ1v) is 7.93. The van der Waals surface area contributed by atoms with Crippen LogP contribution in [0.5, 0.6) is 0 Å². The number of nitrogens with two attached hydrogens (primary N) is 1. The molecule has 20 heavy (non-hydrogen) atoms. The first-order valence-electron chi connectivity index (χ1n) is 7.11. The second-order valence-electron chi connectivity index (χ2n) is 5.43. The van der Waals surface area contributed by atoms with E-state index in [4.69, 9.17) is 5.73 Å². The molecule has 3 N–H and O–H groups in total. The van der Waals surface area contributed by atoms with Crippen LogP contribution in [-0.4, -0.2) is 16.9 Å². The second-order valence-corrected chi connectivity index (χ2v) is 6.43. The molecule has 0 aromatic carbocycles. The molecule has 2 aromatic heterocycles. The Morgan fingerprint density at radius 1 is 1.55 bits per heavy atom. The molecule has 1 aliphatic rings. The van der Waals surface area contributed by atoms with E-state index >= 15 is 0 Å². The average Bonchev–Trinajstić information content (AvgIpc) is 3.01. The van der Waals surface area contributed by atoms with Gasteiger partial charge in [-0.15, -0.1) is 11.3 Å². The number of anilines is 1. The largest absolute Gasteiger partial charge is 0.397 e. The normalized spacial score (nSPS) is 15.3. The Balaban J connectivity index is 2.01. The third-order valence-electron chi connectivity index (χ3n) is 3.95. The van der Waals surface area contributed by atoms with E-state index in [1.807, 2.05) is 13.8 Å². The maximum atomic E-state index is 12.2. The molecule has 0 aliphatic heterocycles.